The molecule has 0 bridgehead atoms. The smallest absolute Gasteiger partial charge is 0.323 e. The van der Waals surface area contributed by atoms with Crippen molar-refractivity contribution in [2.75, 3.05) is 44.1 Å². The van der Waals surface area contributed by atoms with Crippen LogP contribution >= 0.6 is 0 Å². The highest BCUT2D eigenvalue weighted by molar-refractivity contribution is 5.36. The Morgan fingerprint density at radius 2 is 2.14 bits per heavy atom. The molecule has 0 radical (unpaired) electrons. The number of hydrogen-bond donors (Lipinski definition) is 1. The van der Waals surface area contributed by atoms with Crippen LogP contribution in [0, 0.1) is 0 Å². The summed E-state index contributed by atoms with van der Waals surface area (Å²) < 4.78 is 11.4. The first-order chi connectivity index (χ1) is 10.2. The molecule has 1 N–H and O–H groups in total. The molecule has 2 rings (SSSR count). The van der Waals surface area contributed by atoms with Gasteiger partial charge in [0, 0.05) is 27.2 Å². The molecule has 118 valence electrons. The normalized spacial score (nSPS) is 18.3. The summed E-state index contributed by atoms with van der Waals surface area (Å²) in [6, 6.07) is 0.349. The largest absolute Gasteiger partial charge is 0.461 e. The van der Waals surface area contributed by atoms with Crippen molar-refractivity contribution >= 4 is 11.9 Å². The van der Waals surface area contributed by atoms with E-state index in [1.165, 1.54) is 6.42 Å². The average Bonchev–Trinajstić information content (AvgIpc) is 2.51. The molecule has 1 saturated heterocycles. The van der Waals surface area contributed by atoms with Crippen LogP contribution in [0.1, 0.15) is 32.6 Å². The van der Waals surface area contributed by atoms with E-state index in [9.17, 15) is 0 Å². The van der Waals surface area contributed by atoms with E-state index in [1.54, 1.807) is 0 Å². The highest BCUT2D eigenvalue weighted by atomic mass is 16.5. The number of nitrogens with zero attached hydrogens (tertiary/aromatic N) is 4. The molecule has 1 aromatic heterocycles. The summed E-state index contributed by atoms with van der Waals surface area (Å²) >= 11 is 0. The van der Waals surface area contributed by atoms with Crippen LogP contribution in [0.5, 0.6) is 6.01 Å². The molecule has 21 heavy (non-hydrogen) atoms. The van der Waals surface area contributed by atoms with E-state index in [2.05, 4.69) is 27.2 Å². The molecule has 1 aliphatic rings. The summed E-state index contributed by atoms with van der Waals surface area (Å²) in [6.45, 7) is 4.22. The zero-order valence-corrected chi connectivity index (χ0v) is 13.1. The Kier molecular flexibility index (Phi) is 5.98. The van der Waals surface area contributed by atoms with E-state index >= 15 is 0 Å². The number of rotatable bonds is 7. The van der Waals surface area contributed by atoms with Crippen LogP contribution in [0.25, 0.3) is 0 Å². The fourth-order valence-corrected chi connectivity index (χ4v) is 2.03. The molecule has 7 nitrogen and oxygen atoms in total. The van der Waals surface area contributed by atoms with E-state index in [0.717, 1.165) is 32.4 Å². The van der Waals surface area contributed by atoms with E-state index < -0.39 is 0 Å². The molecule has 1 fully saturated rings. The molecule has 0 aromatic carbocycles. The molecule has 1 aromatic rings. The maximum absolute atomic E-state index is 5.70. The molecule has 1 atom stereocenters. The molecule has 0 amide bonds. The Balaban J connectivity index is 2.00. The summed E-state index contributed by atoms with van der Waals surface area (Å²) in [5, 5.41) is 3.17. The number of ether oxygens (including phenoxy) is 2. The third kappa shape index (κ3) is 5.00. The van der Waals surface area contributed by atoms with Crippen molar-refractivity contribution in [1.29, 1.82) is 0 Å². The summed E-state index contributed by atoms with van der Waals surface area (Å²) in [7, 11) is 3.79. The van der Waals surface area contributed by atoms with Gasteiger partial charge in [-0.25, -0.2) is 0 Å². The van der Waals surface area contributed by atoms with Gasteiger partial charge in [0.15, 0.2) is 0 Å². The molecular formula is C14H25N5O2. The van der Waals surface area contributed by atoms with Gasteiger partial charge in [-0.05, 0) is 25.7 Å². The monoisotopic (exact) mass is 295 g/mol. The second-order valence-electron chi connectivity index (χ2n) is 5.36. The number of anilines is 2. The van der Waals surface area contributed by atoms with Crippen LogP contribution < -0.4 is 15.0 Å². The van der Waals surface area contributed by atoms with Gasteiger partial charge in [-0.2, -0.15) is 15.0 Å². The molecule has 0 saturated carbocycles. The minimum Gasteiger partial charge on any atom is -0.461 e. The van der Waals surface area contributed by atoms with Crippen molar-refractivity contribution in [3.8, 4) is 6.01 Å². The second-order valence-corrected chi connectivity index (χ2v) is 5.36. The average molecular weight is 295 g/mol. The minimum atomic E-state index is 0.144. The first-order valence-electron chi connectivity index (χ1n) is 7.60. The lowest BCUT2D eigenvalue weighted by molar-refractivity contribution is -0.0129. The summed E-state index contributed by atoms with van der Waals surface area (Å²) in [5.74, 6) is 1.14. The molecule has 2 heterocycles. The van der Waals surface area contributed by atoms with Crippen molar-refractivity contribution in [1.82, 2.24) is 15.0 Å². The quantitative estimate of drug-likeness (QED) is 0.821. The summed E-state index contributed by atoms with van der Waals surface area (Å²) in [5.41, 5.74) is 0. The lowest BCUT2D eigenvalue weighted by Crippen LogP contribution is -2.26. The van der Waals surface area contributed by atoms with Gasteiger partial charge in [0.2, 0.25) is 11.9 Å². The van der Waals surface area contributed by atoms with E-state index in [0.29, 0.717) is 24.5 Å². The Hall–Kier alpha value is -1.63. The Labute approximate surface area is 126 Å². The van der Waals surface area contributed by atoms with Gasteiger partial charge in [0.05, 0.1) is 6.10 Å². The minimum absolute atomic E-state index is 0.144. The van der Waals surface area contributed by atoms with Gasteiger partial charge in [0.1, 0.15) is 6.61 Å². The molecule has 1 unspecified atom stereocenters. The Morgan fingerprint density at radius 3 is 2.81 bits per heavy atom. The maximum Gasteiger partial charge on any atom is 0.323 e. The summed E-state index contributed by atoms with van der Waals surface area (Å²) in [6.07, 6.45) is 4.52. The van der Waals surface area contributed by atoms with Crippen molar-refractivity contribution in [3.63, 3.8) is 0 Å². The zero-order chi connectivity index (χ0) is 15.1. The van der Waals surface area contributed by atoms with Crippen LogP contribution in [0.4, 0.5) is 11.9 Å². The first-order valence-corrected chi connectivity index (χ1v) is 7.60. The van der Waals surface area contributed by atoms with Crippen LogP contribution in [0.15, 0.2) is 0 Å². The van der Waals surface area contributed by atoms with Gasteiger partial charge < -0.3 is 19.7 Å². The topological polar surface area (TPSA) is 72.4 Å². The maximum atomic E-state index is 5.70. The van der Waals surface area contributed by atoms with Gasteiger partial charge in [-0.1, -0.05) is 6.92 Å². The highest BCUT2D eigenvalue weighted by Crippen LogP contribution is 2.16. The van der Waals surface area contributed by atoms with E-state index in [1.807, 2.05) is 19.0 Å². The Morgan fingerprint density at radius 1 is 1.29 bits per heavy atom. The molecule has 1 aliphatic heterocycles. The highest BCUT2D eigenvalue weighted by Gasteiger charge is 2.16. The number of nitrogens with one attached hydrogen (secondary N) is 1. The molecule has 7 heteroatoms. The van der Waals surface area contributed by atoms with Crippen molar-refractivity contribution in [2.45, 2.75) is 38.7 Å². The van der Waals surface area contributed by atoms with Gasteiger partial charge >= 0.3 is 6.01 Å². The lowest BCUT2D eigenvalue weighted by Gasteiger charge is -2.22. The van der Waals surface area contributed by atoms with Crippen LogP contribution in [-0.2, 0) is 4.74 Å². The van der Waals surface area contributed by atoms with Crippen molar-refractivity contribution in [2.24, 2.45) is 0 Å². The van der Waals surface area contributed by atoms with E-state index in [-0.39, 0.29) is 6.10 Å². The van der Waals surface area contributed by atoms with Crippen LogP contribution in [0.3, 0.4) is 0 Å². The fraction of sp³-hybridized carbons (Fsp3) is 0.786. The third-order valence-electron chi connectivity index (χ3n) is 3.21. The van der Waals surface area contributed by atoms with Crippen LogP contribution in [-0.4, -0.2) is 54.9 Å². The Bertz CT molecular complexity index is 435. The second kappa shape index (κ2) is 7.97. The predicted octanol–water partition coefficient (Wildman–Crippen LogP) is 1.71. The van der Waals surface area contributed by atoms with Crippen molar-refractivity contribution in [3.05, 3.63) is 0 Å². The van der Waals surface area contributed by atoms with Gasteiger partial charge in [-0.3, -0.25) is 0 Å². The standard InChI is InChI=1S/C14H25N5O2/c1-4-8-15-12-16-13(19(2)3)18-14(17-12)21-10-11-7-5-6-9-20-11/h11H,4-10H2,1-3H3,(H,15,16,17,18). The zero-order valence-electron chi connectivity index (χ0n) is 13.1. The van der Waals surface area contributed by atoms with Gasteiger partial charge in [-0.15, -0.1) is 0 Å². The molecule has 0 spiro atoms. The number of aromatic nitrogens is 3. The van der Waals surface area contributed by atoms with Crippen molar-refractivity contribution < 1.29 is 9.47 Å². The number of hydrogen-bond acceptors (Lipinski definition) is 7. The fourth-order valence-electron chi connectivity index (χ4n) is 2.03. The SMILES string of the molecule is CCCNc1nc(OCC2CCCCO2)nc(N(C)C)n1. The summed E-state index contributed by atoms with van der Waals surface area (Å²) in [4.78, 5) is 14.8. The molecule has 0 aliphatic carbocycles. The molecular weight excluding hydrogens is 270 g/mol. The predicted molar refractivity (Wildman–Crippen MR) is 82.0 cm³/mol. The van der Waals surface area contributed by atoms with E-state index in [4.69, 9.17) is 9.47 Å². The van der Waals surface area contributed by atoms with Gasteiger partial charge in [0.25, 0.3) is 0 Å². The first kappa shape index (κ1) is 15.8. The lowest BCUT2D eigenvalue weighted by atomic mass is 10.1. The third-order valence-corrected chi connectivity index (χ3v) is 3.21. The van der Waals surface area contributed by atoms with Crippen LogP contribution in [0.2, 0.25) is 0 Å².